The molecule has 0 amide bonds. The standard InChI is InChI=1S/C16H15NO6/c1-22-10-16(15(21)23-2)9-17(14(8-19)13(16)7-18)11-3-5-12(20)6-4-11/h3-6,20H,9-10H2,1-2H3. The Kier molecular flexibility index (Phi) is 4.67. The van der Waals surface area contributed by atoms with E-state index in [4.69, 9.17) is 9.47 Å². The van der Waals surface area contributed by atoms with Gasteiger partial charge in [0.1, 0.15) is 22.8 Å². The number of carbonyl (C=O) groups is 1. The Balaban J connectivity index is 2.60. The van der Waals surface area contributed by atoms with Crippen LogP contribution in [-0.4, -0.2) is 50.3 Å². The van der Waals surface area contributed by atoms with Crippen LogP contribution >= 0.6 is 0 Å². The molecule has 1 saturated heterocycles. The SMILES string of the molecule is COCC1(C(=O)OC)CN(c2ccc(O)cc2)C(=C=O)C1=C=O. The van der Waals surface area contributed by atoms with Crippen LogP contribution in [0, 0.1) is 5.41 Å². The van der Waals surface area contributed by atoms with Crippen LogP contribution in [0.4, 0.5) is 5.69 Å². The van der Waals surface area contributed by atoms with Crippen molar-refractivity contribution in [2.75, 3.05) is 32.3 Å². The van der Waals surface area contributed by atoms with Gasteiger partial charge in [-0.1, -0.05) is 0 Å². The summed E-state index contributed by atoms with van der Waals surface area (Å²) in [5.41, 5.74) is -1.21. The first-order valence-corrected chi connectivity index (χ1v) is 6.69. The van der Waals surface area contributed by atoms with E-state index in [0.717, 1.165) is 0 Å². The zero-order valence-electron chi connectivity index (χ0n) is 12.7. The summed E-state index contributed by atoms with van der Waals surface area (Å²) >= 11 is 0. The van der Waals surface area contributed by atoms with Gasteiger partial charge in [0, 0.05) is 19.3 Å². The van der Waals surface area contributed by atoms with Gasteiger partial charge in [0.05, 0.1) is 19.3 Å². The average molecular weight is 317 g/mol. The highest BCUT2D eigenvalue weighted by Gasteiger charge is 2.54. The Morgan fingerprint density at radius 3 is 2.39 bits per heavy atom. The van der Waals surface area contributed by atoms with Crippen molar-refractivity contribution in [3.63, 3.8) is 0 Å². The monoisotopic (exact) mass is 317 g/mol. The van der Waals surface area contributed by atoms with Crippen molar-refractivity contribution in [1.29, 1.82) is 0 Å². The predicted molar refractivity (Wildman–Crippen MR) is 80.2 cm³/mol. The fraction of sp³-hybridized carbons (Fsp3) is 0.312. The van der Waals surface area contributed by atoms with Crippen molar-refractivity contribution < 1.29 is 29.0 Å². The van der Waals surface area contributed by atoms with E-state index in [0.29, 0.717) is 5.69 Å². The first kappa shape index (κ1) is 16.5. The summed E-state index contributed by atoms with van der Waals surface area (Å²) in [7, 11) is 2.57. The second kappa shape index (κ2) is 6.50. The van der Waals surface area contributed by atoms with Crippen molar-refractivity contribution in [3.8, 4) is 5.75 Å². The molecule has 7 nitrogen and oxygen atoms in total. The molecule has 7 heteroatoms. The van der Waals surface area contributed by atoms with Crippen LogP contribution in [0.1, 0.15) is 0 Å². The number of hydrogen-bond acceptors (Lipinski definition) is 7. The maximum absolute atomic E-state index is 12.3. The molecule has 1 aliphatic rings. The number of aromatic hydroxyl groups is 1. The third-order valence-corrected chi connectivity index (χ3v) is 3.74. The predicted octanol–water partition coefficient (Wildman–Crippen LogP) is 0.491. The van der Waals surface area contributed by atoms with E-state index in [1.807, 2.05) is 0 Å². The number of rotatable bonds is 4. The summed E-state index contributed by atoms with van der Waals surface area (Å²) in [6, 6.07) is 5.96. The minimum atomic E-state index is -1.46. The van der Waals surface area contributed by atoms with Gasteiger partial charge in [-0.05, 0) is 24.3 Å². The zero-order chi connectivity index (χ0) is 17.0. The molecule has 0 bridgehead atoms. The van der Waals surface area contributed by atoms with E-state index in [1.54, 1.807) is 24.0 Å². The number of phenolic OH excluding ortho intramolecular Hbond substituents is 1. The molecule has 1 heterocycles. The Bertz CT molecular complexity index is 713. The number of anilines is 1. The molecule has 0 aromatic heterocycles. The van der Waals surface area contributed by atoms with Gasteiger partial charge in [0.15, 0.2) is 5.94 Å². The van der Waals surface area contributed by atoms with Crippen molar-refractivity contribution in [2.24, 2.45) is 5.41 Å². The molecule has 1 atom stereocenters. The molecule has 0 spiro atoms. The maximum atomic E-state index is 12.3. The number of benzene rings is 1. The molecule has 1 N–H and O–H groups in total. The third-order valence-electron chi connectivity index (χ3n) is 3.74. The minimum Gasteiger partial charge on any atom is -0.508 e. The van der Waals surface area contributed by atoms with Crippen LogP contribution < -0.4 is 4.90 Å². The highest BCUT2D eigenvalue weighted by atomic mass is 16.5. The molecule has 1 aromatic carbocycles. The van der Waals surface area contributed by atoms with Gasteiger partial charge in [-0.15, -0.1) is 0 Å². The maximum Gasteiger partial charge on any atom is 0.321 e. The van der Waals surface area contributed by atoms with E-state index < -0.39 is 11.4 Å². The summed E-state index contributed by atoms with van der Waals surface area (Å²) in [6.45, 7) is -0.183. The van der Waals surface area contributed by atoms with Gasteiger partial charge >= 0.3 is 5.97 Å². The van der Waals surface area contributed by atoms with Crippen LogP contribution in [-0.2, 0) is 23.9 Å². The number of nitrogens with zero attached hydrogens (tertiary/aromatic N) is 1. The first-order chi connectivity index (χ1) is 11.0. The first-order valence-electron chi connectivity index (χ1n) is 6.69. The second-order valence-electron chi connectivity index (χ2n) is 5.04. The van der Waals surface area contributed by atoms with Crippen molar-refractivity contribution in [3.05, 3.63) is 35.5 Å². The van der Waals surface area contributed by atoms with Gasteiger partial charge in [0.25, 0.3) is 0 Å². The zero-order valence-corrected chi connectivity index (χ0v) is 12.7. The number of allylic oxidation sites excluding steroid dienone is 1. The molecule has 23 heavy (non-hydrogen) atoms. The summed E-state index contributed by atoms with van der Waals surface area (Å²) in [6.07, 6.45) is 0. The van der Waals surface area contributed by atoms with Crippen LogP contribution in [0.15, 0.2) is 35.5 Å². The number of ether oxygens (including phenoxy) is 2. The molecule has 120 valence electrons. The van der Waals surface area contributed by atoms with E-state index in [1.165, 1.54) is 31.3 Å². The van der Waals surface area contributed by atoms with Crippen molar-refractivity contribution in [1.82, 2.24) is 0 Å². The number of methoxy groups -OCH3 is 2. The highest BCUT2D eigenvalue weighted by molar-refractivity contribution is 5.94. The molecule has 1 unspecified atom stereocenters. The van der Waals surface area contributed by atoms with Crippen LogP contribution in [0.3, 0.4) is 0 Å². The largest absolute Gasteiger partial charge is 0.508 e. The van der Waals surface area contributed by atoms with Gasteiger partial charge in [-0.2, -0.15) is 0 Å². The quantitative estimate of drug-likeness (QED) is 0.638. The van der Waals surface area contributed by atoms with E-state index in [2.05, 4.69) is 0 Å². The number of carbonyl (C=O) groups excluding carboxylic acids is 3. The normalized spacial score (nSPS) is 20.2. The Morgan fingerprint density at radius 1 is 1.26 bits per heavy atom. The molecule has 1 aromatic rings. The van der Waals surface area contributed by atoms with Gasteiger partial charge in [0.2, 0.25) is 0 Å². The molecule has 2 rings (SSSR count). The molecule has 0 saturated carbocycles. The lowest BCUT2D eigenvalue weighted by Crippen LogP contribution is -2.41. The molecule has 0 aliphatic carbocycles. The molecule has 1 fully saturated rings. The fourth-order valence-electron chi connectivity index (χ4n) is 2.68. The summed E-state index contributed by atoms with van der Waals surface area (Å²) in [4.78, 5) is 36.5. The van der Waals surface area contributed by atoms with Gasteiger partial charge in [-0.25, -0.2) is 9.59 Å². The summed E-state index contributed by atoms with van der Waals surface area (Å²) in [5.74, 6) is 2.70. The molecule has 0 radical (unpaired) electrons. The Labute approximate surface area is 132 Å². The van der Waals surface area contributed by atoms with Crippen LogP contribution in [0.25, 0.3) is 0 Å². The van der Waals surface area contributed by atoms with Crippen molar-refractivity contribution in [2.45, 2.75) is 0 Å². The highest BCUT2D eigenvalue weighted by Crippen LogP contribution is 2.43. The number of phenols is 1. The van der Waals surface area contributed by atoms with E-state index in [9.17, 15) is 19.5 Å². The molecule has 1 aliphatic heterocycles. The fourth-order valence-corrected chi connectivity index (χ4v) is 2.68. The topological polar surface area (TPSA) is 93.1 Å². The third kappa shape index (κ3) is 2.64. The lowest BCUT2D eigenvalue weighted by molar-refractivity contribution is -0.151. The number of esters is 1. The minimum absolute atomic E-state index is 0.0343. The Morgan fingerprint density at radius 2 is 1.91 bits per heavy atom. The lowest BCUT2D eigenvalue weighted by Gasteiger charge is -2.25. The lowest BCUT2D eigenvalue weighted by atomic mass is 9.83. The van der Waals surface area contributed by atoms with Crippen LogP contribution in [0.5, 0.6) is 5.75 Å². The second-order valence-corrected chi connectivity index (χ2v) is 5.04. The van der Waals surface area contributed by atoms with E-state index in [-0.39, 0.29) is 30.2 Å². The smallest absolute Gasteiger partial charge is 0.321 e. The molecular weight excluding hydrogens is 302 g/mol. The molecular formula is C16H15NO6. The average Bonchev–Trinajstić information content (AvgIpc) is 2.89. The summed E-state index contributed by atoms with van der Waals surface area (Å²) in [5, 5.41) is 9.37. The van der Waals surface area contributed by atoms with E-state index >= 15 is 0 Å². The van der Waals surface area contributed by atoms with Crippen molar-refractivity contribution >= 4 is 23.5 Å². The van der Waals surface area contributed by atoms with Gasteiger partial charge < -0.3 is 19.5 Å². The van der Waals surface area contributed by atoms with Crippen LogP contribution in [0.2, 0.25) is 0 Å². The Hall–Kier alpha value is -2.85. The number of hydrogen-bond donors (Lipinski definition) is 1. The van der Waals surface area contributed by atoms with Gasteiger partial charge in [-0.3, -0.25) is 4.79 Å². The summed E-state index contributed by atoms with van der Waals surface area (Å²) < 4.78 is 9.86.